The molecule has 20 heavy (non-hydrogen) atoms. The number of nitrogens with zero attached hydrogens (tertiary/aromatic N) is 1. The van der Waals surface area contributed by atoms with Gasteiger partial charge in [0, 0.05) is 12.1 Å². The Kier molecular flexibility index (Phi) is 3.03. The molecule has 0 saturated heterocycles. The zero-order chi connectivity index (χ0) is 14.1. The van der Waals surface area contributed by atoms with Crippen LogP contribution in [-0.2, 0) is 6.54 Å². The van der Waals surface area contributed by atoms with Gasteiger partial charge in [0.2, 0.25) is 0 Å². The van der Waals surface area contributed by atoms with Crippen LogP contribution >= 0.6 is 0 Å². The van der Waals surface area contributed by atoms with Gasteiger partial charge in [-0.25, -0.2) is 0 Å². The molecule has 0 aliphatic rings. The van der Waals surface area contributed by atoms with Gasteiger partial charge < -0.3 is 9.67 Å². The molecule has 0 unspecified atom stereocenters. The lowest BCUT2D eigenvalue weighted by Gasteiger charge is -2.11. The molecule has 1 aromatic heterocycles. The van der Waals surface area contributed by atoms with Crippen molar-refractivity contribution in [1.82, 2.24) is 4.57 Å². The summed E-state index contributed by atoms with van der Waals surface area (Å²) in [6.07, 6.45) is 0. The normalized spacial score (nSPS) is 10.8. The standard InChI is InChI=1S/C17H15NO2/c1-2-18-16-6-4-3-5-13(16)11-15(17(18)20)12-7-9-14(19)10-8-12/h3-11,19H,2H2,1H3. The van der Waals surface area contributed by atoms with E-state index < -0.39 is 0 Å². The molecule has 1 N–H and O–H groups in total. The fourth-order valence-corrected chi connectivity index (χ4v) is 2.49. The van der Waals surface area contributed by atoms with Gasteiger partial charge in [0.05, 0.1) is 5.52 Å². The second kappa shape index (κ2) is 4.85. The summed E-state index contributed by atoms with van der Waals surface area (Å²) in [4.78, 5) is 12.6. The molecule has 3 rings (SSSR count). The van der Waals surface area contributed by atoms with E-state index in [1.807, 2.05) is 37.3 Å². The zero-order valence-corrected chi connectivity index (χ0v) is 11.2. The van der Waals surface area contributed by atoms with Crippen molar-refractivity contribution in [3.8, 4) is 16.9 Å². The van der Waals surface area contributed by atoms with Crippen molar-refractivity contribution in [2.45, 2.75) is 13.5 Å². The van der Waals surface area contributed by atoms with Crippen molar-refractivity contribution in [3.63, 3.8) is 0 Å². The van der Waals surface area contributed by atoms with Gasteiger partial charge in [-0.3, -0.25) is 4.79 Å². The molecule has 0 saturated carbocycles. The number of para-hydroxylation sites is 1. The molecule has 100 valence electrons. The van der Waals surface area contributed by atoms with E-state index in [1.54, 1.807) is 28.8 Å². The van der Waals surface area contributed by atoms with Crippen LogP contribution in [0.2, 0.25) is 0 Å². The van der Waals surface area contributed by atoms with Gasteiger partial charge in [-0.1, -0.05) is 30.3 Å². The van der Waals surface area contributed by atoms with Crippen LogP contribution in [0, 0.1) is 0 Å². The topological polar surface area (TPSA) is 42.2 Å². The molecule has 0 amide bonds. The lowest BCUT2D eigenvalue weighted by atomic mass is 10.0. The van der Waals surface area contributed by atoms with Gasteiger partial charge in [-0.2, -0.15) is 0 Å². The Hall–Kier alpha value is -2.55. The molecular formula is C17H15NO2. The Labute approximate surface area is 116 Å². The third kappa shape index (κ3) is 1.97. The maximum atomic E-state index is 12.6. The van der Waals surface area contributed by atoms with E-state index in [4.69, 9.17) is 0 Å². The lowest BCUT2D eigenvalue weighted by molar-refractivity contribution is 0.475. The first kappa shape index (κ1) is 12.5. The monoisotopic (exact) mass is 265 g/mol. The molecule has 3 aromatic rings. The van der Waals surface area contributed by atoms with Gasteiger partial charge in [0.25, 0.3) is 5.56 Å². The molecular weight excluding hydrogens is 250 g/mol. The van der Waals surface area contributed by atoms with Gasteiger partial charge in [-0.05, 0) is 42.1 Å². The Bertz CT molecular complexity index is 817. The average molecular weight is 265 g/mol. The number of hydrogen-bond donors (Lipinski definition) is 1. The van der Waals surface area contributed by atoms with Crippen LogP contribution in [0.5, 0.6) is 5.75 Å². The number of rotatable bonds is 2. The molecule has 3 heteroatoms. The summed E-state index contributed by atoms with van der Waals surface area (Å²) < 4.78 is 1.78. The van der Waals surface area contributed by atoms with E-state index in [1.165, 1.54) is 0 Å². The van der Waals surface area contributed by atoms with Crippen LogP contribution in [0.4, 0.5) is 0 Å². The first-order valence-electron chi connectivity index (χ1n) is 6.62. The van der Waals surface area contributed by atoms with Crippen LogP contribution in [0.15, 0.2) is 59.4 Å². The minimum absolute atomic E-state index is 0.00288. The van der Waals surface area contributed by atoms with Crippen LogP contribution < -0.4 is 5.56 Å². The summed E-state index contributed by atoms with van der Waals surface area (Å²) in [5.41, 5.74) is 2.42. The molecule has 2 aromatic carbocycles. The van der Waals surface area contributed by atoms with Gasteiger partial charge >= 0.3 is 0 Å². The predicted molar refractivity (Wildman–Crippen MR) is 81.0 cm³/mol. The third-order valence-electron chi connectivity index (χ3n) is 3.50. The highest BCUT2D eigenvalue weighted by atomic mass is 16.3. The van der Waals surface area contributed by atoms with Crippen molar-refractivity contribution < 1.29 is 5.11 Å². The number of benzene rings is 2. The van der Waals surface area contributed by atoms with Crippen molar-refractivity contribution in [1.29, 1.82) is 0 Å². The fraction of sp³-hybridized carbons (Fsp3) is 0.118. The molecule has 0 radical (unpaired) electrons. The van der Waals surface area contributed by atoms with E-state index in [2.05, 4.69) is 0 Å². The number of aromatic hydroxyl groups is 1. The van der Waals surface area contributed by atoms with Crippen molar-refractivity contribution in [2.75, 3.05) is 0 Å². The second-order valence-corrected chi connectivity index (χ2v) is 4.71. The summed E-state index contributed by atoms with van der Waals surface area (Å²) in [5, 5.41) is 10.4. The highest BCUT2D eigenvalue weighted by Crippen LogP contribution is 2.22. The highest BCUT2D eigenvalue weighted by molar-refractivity contribution is 5.84. The Balaban J connectivity index is 2.34. The van der Waals surface area contributed by atoms with E-state index in [0.29, 0.717) is 12.1 Å². The molecule has 0 fully saturated rings. The highest BCUT2D eigenvalue weighted by Gasteiger charge is 2.09. The number of aromatic nitrogens is 1. The largest absolute Gasteiger partial charge is 0.508 e. The molecule has 1 heterocycles. The number of pyridine rings is 1. The maximum Gasteiger partial charge on any atom is 0.258 e. The van der Waals surface area contributed by atoms with Gasteiger partial charge in [0.15, 0.2) is 0 Å². The smallest absolute Gasteiger partial charge is 0.258 e. The quantitative estimate of drug-likeness (QED) is 0.771. The molecule has 0 aliphatic heterocycles. The van der Waals surface area contributed by atoms with Crippen molar-refractivity contribution >= 4 is 10.9 Å². The molecule has 3 nitrogen and oxygen atoms in total. The fourth-order valence-electron chi connectivity index (χ4n) is 2.49. The van der Waals surface area contributed by atoms with E-state index >= 15 is 0 Å². The number of phenols is 1. The summed E-state index contributed by atoms with van der Waals surface area (Å²) in [6, 6.07) is 16.5. The Morgan fingerprint density at radius 3 is 2.45 bits per heavy atom. The third-order valence-corrected chi connectivity index (χ3v) is 3.50. The van der Waals surface area contributed by atoms with Crippen LogP contribution in [0.25, 0.3) is 22.0 Å². The summed E-state index contributed by atoms with van der Waals surface area (Å²) in [5.74, 6) is 0.199. The number of hydrogen-bond acceptors (Lipinski definition) is 2. The van der Waals surface area contributed by atoms with Crippen LogP contribution in [-0.4, -0.2) is 9.67 Å². The van der Waals surface area contributed by atoms with Gasteiger partial charge in [-0.15, -0.1) is 0 Å². The molecule has 0 bridgehead atoms. The first-order valence-corrected chi connectivity index (χ1v) is 6.62. The maximum absolute atomic E-state index is 12.6. The molecule has 0 aliphatic carbocycles. The lowest BCUT2D eigenvalue weighted by Crippen LogP contribution is -2.21. The van der Waals surface area contributed by atoms with Crippen LogP contribution in [0.1, 0.15) is 6.92 Å². The SMILES string of the molecule is CCn1c(=O)c(-c2ccc(O)cc2)cc2ccccc21. The Morgan fingerprint density at radius 2 is 1.75 bits per heavy atom. The minimum Gasteiger partial charge on any atom is -0.508 e. The first-order chi connectivity index (χ1) is 9.70. The summed E-state index contributed by atoms with van der Waals surface area (Å²) >= 11 is 0. The second-order valence-electron chi connectivity index (χ2n) is 4.71. The minimum atomic E-state index is -0.00288. The average Bonchev–Trinajstić information content (AvgIpc) is 2.48. The molecule has 0 atom stereocenters. The van der Waals surface area contributed by atoms with E-state index in [9.17, 15) is 9.90 Å². The van der Waals surface area contributed by atoms with Gasteiger partial charge in [0.1, 0.15) is 5.75 Å². The summed E-state index contributed by atoms with van der Waals surface area (Å²) in [6.45, 7) is 2.60. The van der Waals surface area contributed by atoms with Crippen LogP contribution in [0.3, 0.4) is 0 Å². The van der Waals surface area contributed by atoms with E-state index in [0.717, 1.165) is 16.5 Å². The summed E-state index contributed by atoms with van der Waals surface area (Å²) in [7, 11) is 0. The zero-order valence-electron chi connectivity index (χ0n) is 11.2. The predicted octanol–water partition coefficient (Wildman–Crippen LogP) is 3.39. The van der Waals surface area contributed by atoms with Crippen molar-refractivity contribution in [3.05, 3.63) is 65.0 Å². The van der Waals surface area contributed by atoms with Crippen molar-refractivity contribution in [2.24, 2.45) is 0 Å². The van der Waals surface area contributed by atoms with E-state index in [-0.39, 0.29) is 11.3 Å². The Morgan fingerprint density at radius 1 is 1.05 bits per heavy atom. The number of aryl methyl sites for hydroxylation is 1. The number of fused-ring (bicyclic) bond motifs is 1. The molecule has 0 spiro atoms. The number of phenolic OH excluding ortho intramolecular Hbond substituents is 1.